The lowest BCUT2D eigenvalue weighted by atomic mass is 10.5. The molecule has 7 heteroatoms. The summed E-state index contributed by atoms with van der Waals surface area (Å²) in [6.45, 7) is 3.84. The van der Waals surface area contributed by atoms with Crippen LogP contribution in [0.15, 0.2) is 0 Å². The standard InChI is InChI=1S/C11H23NO6/c1-2-11(14)18-10(12)9-17-8-7-16-6-5-15-4-3-13/h10,13H,2-9,12H2,1H3. The Morgan fingerprint density at radius 3 is 2.22 bits per heavy atom. The molecule has 0 fully saturated rings. The van der Waals surface area contributed by atoms with Gasteiger partial charge in [0.1, 0.15) is 0 Å². The number of aliphatic hydroxyl groups is 1. The summed E-state index contributed by atoms with van der Waals surface area (Å²) >= 11 is 0. The summed E-state index contributed by atoms with van der Waals surface area (Å²) in [5.41, 5.74) is 5.49. The molecular formula is C11H23NO6. The number of nitrogens with two attached hydrogens (primary N) is 1. The summed E-state index contributed by atoms with van der Waals surface area (Å²) in [6.07, 6.45) is -0.435. The second-order valence-corrected chi connectivity index (χ2v) is 3.41. The van der Waals surface area contributed by atoms with Crippen molar-refractivity contribution >= 4 is 5.97 Å². The van der Waals surface area contributed by atoms with Gasteiger partial charge in [0, 0.05) is 6.42 Å². The van der Waals surface area contributed by atoms with Crippen LogP contribution < -0.4 is 5.73 Å². The fraction of sp³-hybridized carbons (Fsp3) is 0.909. The lowest BCUT2D eigenvalue weighted by Crippen LogP contribution is -2.32. The molecule has 0 aromatic carbocycles. The van der Waals surface area contributed by atoms with Crippen LogP contribution in [-0.4, -0.2) is 63.6 Å². The molecule has 0 heterocycles. The molecule has 0 aromatic heterocycles. The van der Waals surface area contributed by atoms with Crippen LogP contribution in [0.25, 0.3) is 0 Å². The molecule has 0 radical (unpaired) electrons. The highest BCUT2D eigenvalue weighted by molar-refractivity contribution is 5.69. The predicted octanol–water partition coefficient (Wildman–Crippen LogP) is -0.733. The van der Waals surface area contributed by atoms with Gasteiger partial charge in [0.05, 0.1) is 46.2 Å². The first kappa shape index (κ1) is 17.3. The van der Waals surface area contributed by atoms with E-state index in [2.05, 4.69) is 0 Å². The number of carbonyl (C=O) groups excluding carboxylic acids is 1. The van der Waals surface area contributed by atoms with Crippen LogP contribution in [0.4, 0.5) is 0 Å². The number of carbonyl (C=O) groups is 1. The van der Waals surface area contributed by atoms with Gasteiger partial charge < -0.3 is 24.1 Å². The summed E-state index contributed by atoms with van der Waals surface area (Å²) in [6, 6.07) is 0. The zero-order valence-corrected chi connectivity index (χ0v) is 10.8. The maximum atomic E-state index is 10.9. The lowest BCUT2D eigenvalue weighted by molar-refractivity contribution is -0.151. The minimum Gasteiger partial charge on any atom is -0.444 e. The molecule has 18 heavy (non-hydrogen) atoms. The van der Waals surface area contributed by atoms with Gasteiger partial charge in [-0.3, -0.25) is 10.5 Å². The highest BCUT2D eigenvalue weighted by Gasteiger charge is 2.07. The molecule has 108 valence electrons. The van der Waals surface area contributed by atoms with Gasteiger partial charge in [-0.2, -0.15) is 0 Å². The Labute approximate surface area is 107 Å². The minimum absolute atomic E-state index is 0.0114. The van der Waals surface area contributed by atoms with E-state index in [0.717, 1.165) is 0 Å². The quantitative estimate of drug-likeness (QED) is 0.272. The van der Waals surface area contributed by atoms with Crippen molar-refractivity contribution in [3.63, 3.8) is 0 Å². The second-order valence-electron chi connectivity index (χ2n) is 3.41. The third kappa shape index (κ3) is 11.7. The van der Waals surface area contributed by atoms with Gasteiger partial charge in [-0.25, -0.2) is 0 Å². The molecule has 0 saturated carbocycles. The van der Waals surface area contributed by atoms with Crippen molar-refractivity contribution in [1.29, 1.82) is 0 Å². The fourth-order valence-corrected chi connectivity index (χ4v) is 0.990. The maximum absolute atomic E-state index is 10.9. The smallest absolute Gasteiger partial charge is 0.307 e. The van der Waals surface area contributed by atoms with Crippen molar-refractivity contribution in [3.8, 4) is 0 Å². The van der Waals surface area contributed by atoms with Crippen LogP contribution in [0.2, 0.25) is 0 Å². The number of aliphatic hydroxyl groups excluding tert-OH is 1. The van der Waals surface area contributed by atoms with Crippen LogP contribution in [0.5, 0.6) is 0 Å². The lowest BCUT2D eigenvalue weighted by Gasteiger charge is -2.12. The van der Waals surface area contributed by atoms with Crippen LogP contribution in [0.1, 0.15) is 13.3 Å². The van der Waals surface area contributed by atoms with E-state index in [1.54, 1.807) is 6.92 Å². The van der Waals surface area contributed by atoms with E-state index in [4.69, 9.17) is 29.8 Å². The van der Waals surface area contributed by atoms with Crippen LogP contribution in [-0.2, 0) is 23.7 Å². The number of ether oxygens (including phenoxy) is 4. The first-order chi connectivity index (χ1) is 8.70. The number of hydrogen-bond acceptors (Lipinski definition) is 7. The van der Waals surface area contributed by atoms with Gasteiger partial charge in [-0.1, -0.05) is 6.92 Å². The van der Waals surface area contributed by atoms with Crippen molar-refractivity contribution in [2.75, 3.05) is 46.2 Å². The first-order valence-corrected chi connectivity index (χ1v) is 5.99. The SMILES string of the molecule is CCC(=O)OC(N)COCCOCCOCCO. The Balaban J connectivity index is 3.17. The van der Waals surface area contributed by atoms with Gasteiger partial charge in [0.15, 0.2) is 6.23 Å². The summed E-state index contributed by atoms with van der Waals surface area (Å²) in [5.74, 6) is -0.344. The van der Waals surface area contributed by atoms with E-state index >= 15 is 0 Å². The molecule has 0 bridgehead atoms. The summed E-state index contributed by atoms with van der Waals surface area (Å²) in [4.78, 5) is 10.9. The molecule has 0 aliphatic heterocycles. The van der Waals surface area contributed by atoms with Crippen molar-refractivity contribution in [2.24, 2.45) is 5.73 Å². The molecule has 0 spiro atoms. The third-order valence-electron chi connectivity index (χ3n) is 1.83. The summed E-state index contributed by atoms with van der Waals surface area (Å²) in [5, 5.41) is 8.44. The maximum Gasteiger partial charge on any atom is 0.307 e. The van der Waals surface area contributed by atoms with E-state index in [0.29, 0.717) is 39.5 Å². The van der Waals surface area contributed by atoms with Crippen LogP contribution in [0.3, 0.4) is 0 Å². The van der Waals surface area contributed by atoms with Crippen LogP contribution >= 0.6 is 0 Å². The monoisotopic (exact) mass is 265 g/mol. The van der Waals surface area contributed by atoms with E-state index in [1.807, 2.05) is 0 Å². The van der Waals surface area contributed by atoms with E-state index < -0.39 is 6.23 Å². The topological polar surface area (TPSA) is 100 Å². The average molecular weight is 265 g/mol. The Hall–Kier alpha value is -0.730. The fourth-order valence-electron chi connectivity index (χ4n) is 0.990. The van der Waals surface area contributed by atoms with Gasteiger partial charge >= 0.3 is 5.97 Å². The molecule has 0 amide bonds. The zero-order valence-electron chi connectivity index (χ0n) is 10.8. The van der Waals surface area contributed by atoms with Gasteiger partial charge in [0.2, 0.25) is 0 Å². The molecule has 0 saturated heterocycles. The Morgan fingerprint density at radius 2 is 1.67 bits per heavy atom. The Bertz CT molecular complexity index is 202. The molecule has 7 nitrogen and oxygen atoms in total. The number of rotatable bonds is 12. The summed E-state index contributed by atoms with van der Waals surface area (Å²) in [7, 11) is 0. The van der Waals surface area contributed by atoms with Crippen LogP contribution in [0, 0.1) is 0 Å². The van der Waals surface area contributed by atoms with Crippen molar-refractivity contribution in [2.45, 2.75) is 19.6 Å². The van der Waals surface area contributed by atoms with Crippen molar-refractivity contribution in [3.05, 3.63) is 0 Å². The molecule has 0 rings (SSSR count). The highest BCUT2D eigenvalue weighted by atomic mass is 16.6. The molecular weight excluding hydrogens is 242 g/mol. The average Bonchev–Trinajstić information content (AvgIpc) is 2.36. The zero-order chi connectivity index (χ0) is 13.6. The Kier molecular flexibility index (Phi) is 12.2. The first-order valence-electron chi connectivity index (χ1n) is 5.99. The third-order valence-corrected chi connectivity index (χ3v) is 1.83. The van der Waals surface area contributed by atoms with Gasteiger partial charge in [-0.05, 0) is 0 Å². The normalized spacial score (nSPS) is 12.4. The largest absolute Gasteiger partial charge is 0.444 e. The predicted molar refractivity (Wildman–Crippen MR) is 63.9 cm³/mol. The molecule has 1 atom stereocenters. The second kappa shape index (κ2) is 12.7. The van der Waals surface area contributed by atoms with E-state index in [9.17, 15) is 4.79 Å². The molecule has 0 aromatic rings. The number of esters is 1. The molecule has 3 N–H and O–H groups in total. The van der Waals surface area contributed by atoms with E-state index in [1.165, 1.54) is 0 Å². The number of hydrogen-bond donors (Lipinski definition) is 2. The van der Waals surface area contributed by atoms with Crippen molar-refractivity contribution in [1.82, 2.24) is 0 Å². The Morgan fingerprint density at radius 1 is 1.11 bits per heavy atom. The summed E-state index contributed by atoms with van der Waals surface area (Å²) < 4.78 is 20.1. The highest BCUT2D eigenvalue weighted by Crippen LogP contribution is 1.90. The van der Waals surface area contributed by atoms with Crippen molar-refractivity contribution < 1.29 is 28.8 Å². The molecule has 0 aliphatic rings. The molecule has 0 aliphatic carbocycles. The van der Waals surface area contributed by atoms with E-state index in [-0.39, 0.29) is 19.2 Å². The van der Waals surface area contributed by atoms with Gasteiger partial charge in [-0.15, -0.1) is 0 Å². The molecule has 1 unspecified atom stereocenters. The van der Waals surface area contributed by atoms with Gasteiger partial charge in [0.25, 0.3) is 0 Å². The minimum atomic E-state index is -0.731.